The molecule has 0 spiro atoms. The molecular formula is C11H14N4OS. The number of hydrogen-bond acceptors (Lipinski definition) is 4. The Labute approximate surface area is 105 Å². The fourth-order valence-corrected chi connectivity index (χ4v) is 2.05. The molecule has 1 amide bonds. The van der Waals surface area contributed by atoms with E-state index in [2.05, 4.69) is 10.3 Å². The monoisotopic (exact) mass is 250 g/mol. The first-order valence-electron chi connectivity index (χ1n) is 5.35. The van der Waals surface area contributed by atoms with E-state index < -0.39 is 0 Å². The molecule has 1 unspecified atom stereocenters. The van der Waals surface area contributed by atoms with Crippen LogP contribution in [0.4, 0.5) is 5.69 Å². The third-order valence-corrected chi connectivity index (χ3v) is 3.06. The number of carbonyl (C=O) groups is 1. The smallest absolute Gasteiger partial charge is 0.244 e. The first-order chi connectivity index (χ1) is 8.09. The number of hydrogen-bond donors (Lipinski definition) is 2. The Balaban J connectivity index is 2.19. The lowest BCUT2D eigenvalue weighted by molar-refractivity contribution is -0.127. The number of nitrogens with one attached hydrogen (secondary N) is 1. The molecule has 5 nitrogen and oxygen atoms in total. The summed E-state index contributed by atoms with van der Waals surface area (Å²) in [5, 5.41) is 3.15. The highest BCUT2D eigenvalue weighted by Crippen LogP contribution is 2.19. The number of nitrogens with zero attached hydrogens (tertiary/aromatic N) is 2. The number of carbonyl (C=O) groups excluding carboxylic acids is 1. The van der Waals surface area contributed by atoms with E-state index in [-0.39, 0.29) is 11.9 Å². The number of nitrogens with two attached hydrogens (primary N) is 1. The molecule has 1 atom stereocenters. The van der Waals surface area contributed by atoms with Gasteiger partial charge < -0.3 is 16.0 Å². The second-order valence-electron chi connectivity index (χ2n) is 4.03. The standard InChI is InChI=1S/C11H14N4OS/c1-15-5-3-8(11(15)16)14-9-6-13-4-2-7(9)10(12)17/h2,4,6,8,14H,3,5H2,1H3,(H2,12,17). The Morgan fingerprint density at radius 2 is 2.47 bits per heavy atom. The van der Waals surface area contributed by atoms with Crippen molar-refractivity contribution in [3.63, 3.8) is 0 Å². The summed E-state index contributed by atoms with van der Waals surface area (Å²) in [5.74, 6) is 0.0859. The number of anilines is 1. The first-order valence-corrected chi connectivity index (χ1v) is 5.75. The minimum atomic E-state index is -0.211. The maximum Gasteiger partial charge on any atom is 0.244 e. The zero-order valence-corrected chi connectivity index (χ0v) is 10.3. The van der Waals surface area contributed by atoms with Crippen LogP contribution < -0.4 is 11.1 Å². The summed E-state index contributed by atoms with van der Waals surface area (Å²) < 4.78 is 0. The van der Waals surface area contributed by atoms with Gasteiger partial charge in [0.1, 0.15) is 11.0 Å². The molecule has 6 heteroatoms. The summed E-state index contributed by atoms with van der Waals surface area (Å²) in [6, 6.07) is 1.53. The lowest BCUT2D eigenvalue weighted by Gasteiger charge is -2.15. The summed E-state index contributed by atoms with van der Waals surface area (Å²) >= 11 is 4.96. The average Bonchev–Trinajstić information content (AvgIpc) is 2.61. The lowest BCUT2D eigenvalue weighted by atomic mass is 10.2. The number of thiocarbonyl (C=S) groups is 1. The van der Waals surface area contributed by atoms with Gasteiger partial charge in [0, 0.05) is 25.4 Å². The SMILES string of the molecule is CN1CCC(Nc2cnccc2C(N)=S)C1=O. The fraction of sp³-hybridized carbons (Fsp3) is 0.364. The van der Waals surface area contributed by atoms with E-state index in [0.717, 1.165) is 18.5 Å². The van der Waals surface area contributed by atoms with Crippen LogP contribution in [0.2, 0.25) is 0 Å². The maximum atomic E-state index is 11.8. The largest absolute Gasteiger partial charge is 0.389 e. The highest BCUT2D eigenvalue weighted by atomic mass is 32.1. The fourth-order valence-electron chi connectivity index (χ4n) is 1.87. The minimum Gasteiger partial charge on any atom is -0.389 e. The Hall–Kier alpha value is -1.69. The van der Waals surface area contributed by atoms with Crippen molar-refractivity contribution >= 4 is 28.8 Å². The second-order valence-corrected chi connectivity index (χ2v) is 4.47. The predicted molar refractivity (Wildman–Crippen MR) is 69.8 cm³/mol. The van der Waals surface area contributed by atoms with Crippen LogP contribution in [0.5, 0.6) is 0 Å². The van der Waals surface area contributed by atoms with Crippen molar-refractivity contribution in [3.05, 3.63) is 24.0 Å². The molecule has 3 N–H and O–H groups in total. The molecule has 1 aliphatic heterocycles. The van der Waals surface area contributed by atoms with E-state index in [1.807, 2.05) is 0 Å². The van der Waals surface area contributed by atoms with Crippen LogP contribution in [0.3, 0.4) is 0 Å². The van der Waals surface area contributed by atoms with E-state index in [9.17, 15) is 4.79 Å². The molecule has 0 aromatic carbocycles. The van der Waals surface area contributed by atoms with E-state index in [1.165, 1.54) is 0 Å². The van der Waals surface area contributed by atoms with Crippen molar-refractivity contribution in [1.82, 2.24) is 9.88 Å². The lowest BCUT2D eigenvalue weighted by Crippen LogP contribution is -2.31. The van der Waals surface area contributed by atoms with Gasteiger partial charge in [0.05, 0.1) is 11.9 Å². The molecule has 1 aromatic heterocycles. The van der Waals surface area contributed by atoms with Crippen LogP contribution in [0, 0.1) is 0 Å². The van der Waals surface area contributed by atoms with Crippen molar-refractivity contribution < 1.29 is 4.79 Å². The van der Waals surface area contributed by atoms with Crippen molar-refractivity contribution in [2.24, 2.45) is 5.73 Å². The molecule has 17 heavy (non-hydrogen) atoms. The maximum absolute atomic E-state index is 11.8. The van der Waals surface area contributed by atoms with Gasteiger partial charge in [-0.2, -0.15) is 0 Å². The molecule has 1 aliphatic rings. The highest BCUT2D eigenvalue weighted by molar-refractivity contribution is 7.80. The van der Waals surface area contributed by atoms with Crippen LogP contribution in [-0.2, 0) is 4.79 Å². The van der Waals surface area contributed by atoms with Crippen molar-refractivity contribution in [2.75, 3.05) is 18.9 Å². The predicted octanol–water partition coefficient (Wildman–Crippen LogP) is 0.358. The van der Waals surface area contributed by atoms with E-state index in [0.29, 0.717) is 10.7 Å². The normalized spacial score (nSPS) is 19.5. The van der Waals surface area contributed by atoms with Gasteiger partial charge in [-0.1, -0.05) is 12.2 Å². The summed E-state index contributed by atoms with van der Waals surface area (Å²) in [7, 11) is 1.79. The summed E-state index contributed by atoms with van der Waals surface area (Å²) in [6.45, 7) is 0.763. The van der Waals surface area contributed by atoms with Gasteiger partial charge in [-0.05, 0) is 12.5 Å². The van der Waals surface area contributed by atoms with Crippen LogP contribution in [0.15, 0.2) is 18.5 Å². The quantitative estimate of drug-likeness (QED) is 0.758. The van der Waals surface area contributed by atoms with Gasteiger partial charge in [-0.15, -0.1) is 0 Å². The van der Waals surface area contributed by atoms with Crippen molar-refractivity contribution in [2.45, 2.75) is 12.5 Å². The molecule has 2 rings (SSSR count). The van der Waals surface area contributed by atoms with Gasteiger partial charge in [0.25, 0.3) is 0 Å². The number of likely N-dealkylation sites (tertiary alicyclic amines) is 1. The zero-order valence-electron chi connectivity index (χ0n) is 9.51. The Kier molecular flexibility index (Phi) is 3.23. The molecule has 0 aliphatic carbocycles. The van der Waals surface area contributed by atoms with Crippen molar-refractivity contribution in [3.8, 4) is 0 Å². The zero-order chi connectivity index (χ0) is 12.4. The van der Waals surface area contributed by atoms with Crippen molar-refractivity contribution in [1.29, 1.82) is 0 Å². The minimum absolute atomic E-state index is 0.0859. The average molecular weight is 250 g/mol. The molecule has 1 aromatic rings. The van der Waals surface area contributed by atoms with Gasteiger partial charge >= 0.3 is 0 Å². The van der Waals surface area contributed by atoms with Gasteiger partial charge in [0.2, 0.25) is 5.91 Å². The third kappa shape index (κ3) is 2.36. The molecule has 0 saturated carbocycles. The molecule has 1 fully saturated rings. The number of rotatable bonds is 3. The van der Waals surface area contributed by atoms with E-state index in [1.54, 1.807) is 30.4 Å². The Morgan fingerprint density at radius 3 is 3.06 bits per heavy atom. The highest BCUT2D eigenvalue weighted by Gasteiger charge is 2.29. The number of aromatic nitrogens is 1. The molecular weight excluding hydrogens is 236 g/mol. The van der Waals surface area contributed by atoms with Crippen LogP contribution >= 0.6 is 12.2 Å². The number of pyridine rings is 1. The summed E-state index contributed by atoms with van der Waals surface area (Å²) in [6.07, 6.45) is 4.05. The van der Waals surface area contributed by atoms with Crippen LogP contribution in [-0.4, -0.2) is 40.4 Å². The topological polar surface area (TPSA) is 71.2 Å². The summed E-state index contributed by atoms with van der Waals surface area (Å²) in [5.41, 5.74) is 7.06. The summed E-state index contributed by atoms with van der Waals surface area (Å²) in [4.78, 5) is 17.8. The molecule has 1 saturated heterocycles. The first kappa shape index (κ1) is 11.8. The molecule has 0 bridgehead atoms. The van der Waals surface area contributed by atoms with Gasteiger partial charge in [0.15, 0.2) is 0 Å². The molecule has 0 radical (unpaired) electrons. The second kappa shape index (κ2) is 4.67. The van der Waals surface area contributed by atoms with E-state index >= 15 is 0 Å². The van der Waals surface area contributed by atoms with E-state index in [4.69, 9.17) is 18.0 Å². The molecule has 2 heterocycles. The van der Waals surface area contributed by atoms with Crippen LogP contribution in [0.1, 0.15) is 12.0 Å². The third-order valence-electron chi connectivity index (χ3n) is 2.84. The number of amides is 1. The van der Waals surface area contributed by atoms with Gasteiger partial charge in [-0.3, -0.25) is 9.78 Å². The van der Waals surface area contributed by atoms with Crippen LogP contribution in [0.25, 0.3) is 0 Å². The Morgan fingerprint density at radius 1 is 1.71 bits per heavy atom. The van der Waals surface area contributed by atoms with Gasteiger partial charge in [-0.25, -0.2) is 0 Å². The number of likely N-dealkylation sites (N-methyl/N-ethyl adjacent to an activating group) is 1. The molecule has 90 valence electrons. The Bertz CT molecular complexity index is 463.